The lowest BCUT2D eigenvalue weighted by Crippen LogP contribution is -2.05. The highest BCUT2D eigenvalue weighted by molar-refractivity contribution is 5.81. The standard InChI is InChI=1S/C16H28O2/c1-2-16(17)18-14-10-5-3-4-7-11-15-12-8-6-9-13-15/h2,15H,1,3-14H2. The minimum atomic E-state index is -0.299. The Bertz CT molecular complexity index is 229. The smallest absolute Gasteiger partial charge is 0.330 e. The molecule has 0 bridgehead atoms. The molecule has 0 aromatic carbocycles. The molecule has 0 spiro atoms. The van der Waals surface area contributed by atoms with E-state index in [0.29, 0.717) is 6.61 Å². The van der Waals surface area contributed by atoms with Crippen molar-refractivity contribution in [3.05, 3.63) is 12.7 Å². The molecule has 1 fully saturated rings. The van der Waals surface area contributed by atoms with Gasteiger partial charge in [0.15, 0.2) is 0 Å². The average molecular weight is 252 g/mol. The summed E-state index contributed by atoms with van der Waals surface area (Å²) in [4.78, 5) is 10.8. The first kappa shape index (κ1) is 15.3. The van der Waals surface area contributed by atoms with Gasteiger partial charge in [-0.3, -0.25) is 0 Å². The maximum Gasteiger partial charge on any atom is 0.330 e. The van der Waals surface area contributed by atoms with Crippen molar-refractivity contribution in [2.24, 2.45) is 5.92 Å². The van der Waals surface area contributed by atoms with Gasteiger partial charge >= 0.3 is 5.97 Å². The Labute approximate surface area is 112 Å². The van der Waals surface area contributed by atoms with Gasteiger partial charge in [0.25, 0.3) is 0 Å². The van der Waals surface area contributed by atoms with Gasteiger partial charge in [0, 0.05) is 6.08 Å². The van der Waals surface area contributed by atoms with Crippen LogP contribution in [0.25, 0.3) is 0 Å². The van der Waals surface area contributed by atoms with Crippen LogP contribution in [0.3, 0.4) is 0 Å². The molecular formula is C16H28O2. The van der Waals surface area contributed by atoms with Crippen LogP contribution in [0, 0.1) is 5.92 Å². The fourth-order valence-corrected chi connectivity index (χ4v) is 2.77. The Hall–Kier alpha value is -0.790. The van der Waals surface area contributed by atoms with Crippen LogP contribution in [0.4, 0.5) is 0 Å². The monoisotopic (exact) mass is 252 g/mol. The zero-order valence-corrected chi connectivity index (χ0v) is 11.7. The molecule has 18 heavy (non-hydrogen) atoms. The summed E-state index contributed by atoms with van der Waals surface area (Å²) < 4.78 is 4.94. The van der Waals surface area contributed by atoms with Crippen LogP contribution < -0.4 is 0 Å². The van der Waals surface area contributed by atoms with Crippen LogP contribution in [0.1, 0.15) is 70.6 Å². The second-order valence-electron chi connectivity index (χ2n) is 5.43. The van der Waals surface area contributed by atoms with Crippen molar-refractivity contribution in [2.45, 2.75) is 70.6 Å². The van der Waals surface area contributed by atoms with E-state index >= 15 is 0 Å². The van der Waals surface area contributed by atoms with E-state index in [9.17, 15) is 4.79 Å². The van der Waals surface area contributed by atoms with Crippen LogP contribution in [-0.4, -0.2) is 12.6 Å². The van der Waals surface area contributed by atoms with Crippen LogP contribution in [-0.2, 0) is 9.53 Å². The maximum absolute atomic E-state index is 10.8. The molecule has 0 saturated heterocycles. The highest BCUT2D eigenvalue weighted by Crippen LogP contribution is 2.27. The van der Waals surface area contributed by atoms with E-state index in [1.807, 2.05) is 0 Å². The third-order valence-corrected chi connectivity index (χ3v) is 3.89. The summed E-state index contributed by atoms with van der Waals surface area (Å²) in [5.74, 6) is 0.722. The van der Waals surface area contributed by atoms with E-state index in [4.69, 9.17) is 4.74 Å². The summed E-state index contributed by atoms with van der Waals surface area (Å²) in [6.45, 7) is 3.92. The van der Waals surface area contributed by atoms with E-state index in [2.05, 4.69) is 6.58 Å². The molecule has 1 rings (SSSR count). The number of hydrogen-bond donors (Lipinski definition) is 0. The van der Waals surface area contributed by atoms with Gasteiger partial charge in [0.2, 0.25) is 0 Å². The Kier molecular flexibility index (Phi) is 8.62. The van der Waals surface area contributed by atoms with Crippen molar-refractivity contribution in [3.8, 4) is 0 Å². The Morgan fingerprint density at radius 3 is 2.44 bits per heavy atom. The molecule has 0 N–H and O–H groups in total. The lowest BCUT2D eigenvalue weighted by atomic mass is 9.85. The number of carbonyl (C=O) groups excluding carboxylic acids is 1. The minimum Gasteiger partial charge on any atom is -0.463 e. The molecule has 0 aromatic heterocycles. The highest BCUT2D eigenvalue weighted by Gasteiger charge is 2.12. The predicted octanol–water partition coefficient (Wildman–Crippen LogP) is 4.64. The van der Waals surface area contributed by atoms with E-state index in [-0.39, 0.29) is 5.97 Å². The van der Waals surface area contributed by atoms with Gasteiger partial charge in [-0.05, 0) is 12.3 Å². The van der Waals surface area contributed by atoms with Crippen molar-refractivity contribution in [3.63, 3.8) is 0 Å². The van der Waals surface area contributed by atoms with E-state index in [0.717, 1.165) is 12.3 Å². The number of rotatable bonds is 9. The van der Waals surface area contributed by atoms with Gasteiger partial charge in [-0.15, -0.1) is 0 Å². The molecule has 0 aliphatic heterocycles. The van der Waals surface area contributed by atoms with Gasteiger partial charge in [0.1, 0.15) is 0 Å². The zero-order chi connectivity index (χ0) is 13.1. The normalized spacial score (nSPS) is 16.4. The van der Waals surface area contributed by atoms with Gasteiger partial charge < -0.3 is 4.74 Å². The molecule has 1 aliphatic carbocycles. The number of carbonyl (C=O) groups is 1. The third kappa shape index (κ3) is 7.52. The molecule has 0 atom stereocenters. The Morgan fingerprint density at radius 1 is 1.06 bits per heavy atom. The Morgan fingerprint density at radius 2 is 1.72 bits per heavy atom. The van der Waals surface area contributed by atoms with Crippen molar-refractivity contribution in [2.75, 3.05) is 6.61 Å². The van der Waals surface area contributed by atoms with Crippen molar-refractivity contribution in [1.29, 1.82) is 0 Å². The lowest BCUT2D eigenvalue weighted by Gasteiger charge is -2.21. The van der Waals surface area contributed by atoms with Crippen LogP contribution in [0.5, 0.6) is 0 Å². The Balaban J connectivity index is 1.80. The van der Waals surface area contributed by atoms with Crippen LogP contribution in [0.15, 0.2) is 12.7 Å². The summed E-state index contributed by atoms with van der Waals surface area (Å²) in [6.07, 6.45) is 16.1. The number of esters is 1. The summed E-state index contributed by atoms with van der Waals surface area (Å²) in [6, 6.07) is 0. The van der Waals surface area contributed by atoms with Crippen molar-refractivity contribution in [1.82, 2.24) is 0 Å². The highest BCUT2D eigenvalue weighted by atomic mass is 16.5. The summed E-state index contributed by atoms with van der Waals surface area (Å²) in [5.41, 5.74) is 0. The zero-order valence-electron chi connectivity index (χ0n) is 11.7. The largest absolute Gasteiger partial charge is 0.463 e. The molecule has 0 aromatic rings. The molecular weight excluding hydrogens is 224 g/mol. The van der Waals surface area contributed by atoms with Crippen molar-refractivity contribution >= 4 is 5.97 Å². The van der Waals surface area contributed by atoms with Crippen LogP contribution in [0.2, 0.25) is 0 Å². The third-order valence-electron chi connectivity index (χ3n) is 3.89. The molecule has 0 unspecified atom stereocenters. The first-order valence-electron chi connectivity index (χ1n) is 7.62. The van der Waals surface area contributed by atoms with Crippen LogP contribution >= 0.6 is 0 Å². The minimum absolute atomic E-state index is 0.299. The summed E-state index contributed by atoms with van der Waals surface area (Å²) >= 11 is 0. The topological polar surface area (TPSA) is 26.3 Å². The van der Waals surface area contributed by atoms with E-state index in [1.165, 1.54) is 70.3 Å². The molecule has 0 heterocycles. The first-order chi connectivity index (χ1) is 8.83. The molecule has 0 radical (unpaired) electrons. The SMILES string of the molecule is C=CC(=O)OCCCCCCCC1CCCCC1. The molecule has 0 amide bonds. The van der Waals surface area contributed by atoms with E-state index in [1.54, 1.807) is 0 Å². The summed E-state index contributed by atoms with van der Waals surface area (Å²) in [7, 11) is 0. The molecule has 104 valence electrons. The van der Waals surface area contributed by atoms with Crippen molar-refractivity contribution < 1.29 is 9.53 Å². The second-order valence-corrected chi connectivity index (χ2v) is 5.43. The number of hydrogen-bond acceptors (Lipinski definition) is 2. The maximum atomic E-state index is 10.8. The lowest BCUT2D eigenvalue weighted by molar-refractivity contribution is -0.137. The fourth-order valence-electron chi connectivity index (χ4n) is 2.77. The average Bonchev–Trinajstić information content (AvgIpc) is 2.42. The summed E-state index contributed by atoms with van der Waals surface area (Å²) in [5, 5.41) is 0. The quantitative estimate of drug-likeness (QED) is 0.339. The van der Waals surface area contributed by atoms with Gasteiger partial charge in [0.05, 0.1) is 6.61 Å². The van der Waals surface area contributed by atoms with Gasteiger partial charge in [-0.25, -0.2) is 4.79 Å². The predicted molar refractivity (Wildman–Crippen MR) is 75.4 cm³/mol. The van der Waals surface area contributed by atoms with Gasteiger partial charge in [-0.2, -0.15) is 0 Å². The first-order valence-corrected chi connectivity index (χ1v) is 7.62. The molecule has 1 saturated carbocycles. The van der Waals surface area contributed by atoms with Gasteiger partial charge in [-0.1, -0.05) is 70.8 Å². The number of ether oxygens (including phenoxy) is 1. The molecule has 1 aliphatic rings. The second kappa shape index (κ2) is 10.2. The molecule has 2 heteroatoms. The molecule has 2 nitrogen and oxygen atoms in total. The van der Waals surface area contributed by atoms with E-state index < -0.39 is 0 Å². The fraction of sp³-hybridized carbons (Fsp3) is 0.812. The number of unbranched alkanes of at least 4 members (excludes halogenated alkanes) is 4.